The molecule has 0 saturated carbocycles. The van der Waals surface area contributed by atoms with Crippen molar-refractivity contribution in [2.24, 2.45) is 0 Å². The third kappa shape index (κ3) is 36.3. The fourth-order valence-electron chi connectivity index (χ4n) is 2.31. The minimum atomic E-state index is 0. The van der Waals surface area contributed by atoms with Crippen LogP contribution in [0.5, 0.6) is 11.5 Å². The zero-order chi connectivity index (χ0) is 24.1. The second-order valence-corrected chi connectivity index (χ2v) is 16.1. The van der Waals surface area contributed by atoms with E-state index in [1.807, 2.05) is 12.1 Å². The van der Waals surface area contributed by atoms with Crippen LogP contribution in [-0.4, -0.2) is 58.0 Å². The van der Waals surface area contributed by atoms with Crippen molar-refractivity contribution in [3.8, 4) is 11.5 Å². The van der Waals surface area contributed by atoms with Gasteiger partial charge in [-0.05, 0) is 24.3 Å². The van der Waals surface area contributed by atoms with Crippen LogP contribution in [0, 0.1) is 0 Å². The van der Waals surface area contributed by atoms with Crippen LogP contribution in [0.1, 0.15) is 79.1 Å². The Morgan fingerprint density at radius 3 is 0.879 bits per heavy atom. The molecule has 33 heavy (non-hydrogen) atoms. The van der Waals surface area contributed by atoms with E-state index in [4.69, 9.17) is 10.2 Å². The first-order valence-corrected chi connectivity index (χ1v) is 20.6. The molecule has 0 fully saturated rings. The number of hydrogen-bond donors (Lipinski definition) is 2. The maximum atomic E-state index is 8.63. The van der Waals surface area contributed by atoms with Crippen LogP contribution in [0.3, 0.4) is 0 Å². The second kappa shape index (κ2) is 33.8. The number of aromatic hydroxyl groups is 2. The van der Waals surface area contributed by atoms with E-state index in [0.29, 0.717) is 11.5 Å². The van der Waals surface area contributed by atoms with E-state index in [-0.39, 0.29) is 47.8 Å². The van der Waals surface area contributed by atoms with Gasteiger partial charge >= 0.3 is 139 Å². The van der Waals surface area contributed by atoms with Gasteiger partial charge in [0.25, 0.3) is 0 Å². The first kappa shape index (κ1) is 37.2. The molecule has 0 bridgehead atoms. The molecule has 0 aliphatic rings. The van der Waals surface area contributed by atoms with Crippen molar-refractivity contribution in [3.63, 3.8) is 0 Å². The molecule has 188 valence electrons. The molecular formula is C28H50O3Sn2. The summed E-state index contributed by atoms with van der Waals surface area (Å²) in [5, 5.41) is 17.3. The van der Waals surface area contributed by atoms with Crippen molar-refractivity contribution in [3.05, 3.63) is 60.7 Å². The molecule has 0 aliphatic heterocycles. The Labute approximate surface area is 225 Å². The maximum Gasteiger partial charge on any atom is 0.115 e. The smallest absolute Gasteiger partial charge is 0.115 e. The predicted molar refractivity (Wildman–Crippen MR) is 150 cm³/mol. The maximum absolute atomic E-state index is 8.63. The van der Waals surface area contributed by atoms with Crippen molar-refractivity contribution in [2.75, 3.05) is 0 Å². The fourth-order valence-corrected chi connectivity index (χ4v) is 10.6. The largest absolute Gasteiger partial charge is 0.508 e. The number of unbranched alkanes of at least 4 members (excludes halogenated alkanes) is 4. The van der Waals surface area contributed by atoms with Gasteiger partial charge in [-0.2, -0.15) is 0 Å². The molecular weight excluding hydrogens is 622 g/mol. The van der Waals surface area contributed by atoms with Gasteiger partial charge in [0.05, 0.1) is 0 Å². The summed E-state index contributed by atoms with van der Waals surface area (Å²) in [7, 11) is 0. The van der Waals surface area contributed by atoms with Gasteiger partial charge in [0, 0.05) is 0 Å². The molecule has 4 N–H and O–H groups in total. The minimum absolute atomic E-state index is 0. The molecule has 0 heterocycles. The normalized spacial score (nSPS) is 9.09. The Kier molecular flexibility index (Phi) is 38.0. The Morgan fingerprint density at radius 2 is 0.727 bits per heavy atom. The van der Waals surface area contributed by atoms with Crippen LogP contribution in [-0.2, 0) is 0 Å². The zero-order valence-corrected chi connectivity index (χ0v) is 27.4. The summed E-state index contributed by atoms with van der Waals surface area (Å²) in [6, 6.07) is 17.4. The van der Waals surface area contributed by atoms with Crippen LogP contribution in [0.4, 0.5) is 0 Å². The standard InChI is InChI=1S/2C6H6O.4C4H9.H2O.2Sn/c2*7-6-4-2-1-3-5-6;4*1-3-4-2;;;/h2*1-5,7H;4*1,3-4H2,2H3;1H2;;. The number of para-hydroxylation sites is 2. The van der Waals surface area contributed by atoms with E-state index in [2.05, 4.69) is 27.7 Å². The van der Waals surface area contributed by atoms with Gasteiger partial charge in [0.1, 0.15) is 11.5 Å². The molecule has 0 spiro atoms. The topological polar surface area (TPSA) is 72.0 Å². The van der Waals surface area contributed by atoms with E-state index >= 15 is 0 Å². The average molecular weight is 672 g/mol. The molecule has 0 atom stereocenters. The quantitative estimate of drug-likeness (QED) is 0.176. The van der Waals surface area contributed by atoms with E-state index in [1.54, 1.807) is 66.3 Å². The summed E-state index contributed by atoms with van der Waals surface area (Å²) in [4.78, 5) is 0. The van der Waals surface area contributed by atoms with Gasteiger partial charge in [0.15, 0.2) is 0 Å². The molecule has 0 unspecified atom stereocenters. The van der Waals surface area contributed by atoms with Crippen LogP contribution >= 0.6 is 0 Å². The van der Waals surface area contributed by atoms with Gasteiger partial charge in [0.2, 0.25) is 0 Å². The molecule has 0 aromatic heterocycles. The van der Waals surface area contributed by atoms with Gasteiger partial charge < -0.3 is 15.7 Å². The predicted octanol–water partition coefficient (Wildman–Crippen LogP) is 8.21. The number of hydrogen-bond acceptors (Lipinski definition) is 2. The van der Waals surface area contributed by atoms with E-state index in [1.165, 1.54) is 51.4 Å². The molecule has 2 aromatic rings. The van der Waals surface area contributed by atoms with Crippen molar-refractivity contribution in [1.29, 1.82) is 0 Å². The minimum Gasteiger partial charge on any atom is -0.508 e. The van der Waals surface area contributed by atoms with E-state index in [9.17, 15) is 0 Å². The molecule has 2 rings (SSSR count). The monoisotopic (exact) mass is 674 g/mol. The fraction of sp³-hybridized carbons (Fsp3) is 0.571. The van der Waals surface area contributed by atoms with Crippen LogP contribution in [0.2, 0.25) is 17.7 Å². The van der Waals surface area contributed by atoms with Crippen LogP contribution in [0.25, 0.3) is 0 Å². The Hall–Kier alpha value is -0.403. The summed E-state index contributed by atoms with van der Waals surface area (Å²) < 4.78 is 6.50. The summed E-state index contributed by atoms with van der Waals surface area (Å²) in [5.74, 6) is 0.644. The van der Waals surface area contributed by atoms with Gasteiger partial charge in [-0.15, -0.1) is 0 Å². The first-order chi connectivity index (χ1) is 15.6. The first-order valence-electron chi connectivity index (χ1n) is 12.5. The molecule has 4 radical (unpaired) electrons. The van der Waals surface area contributed by atoms with Crippen molar-refractivity contribution >= 4 is 42.3 Å². The van der Waals surface area contributed by atoms with Gasteiger partial charge in [-0.3, -0.25) is 0 Å². The second-order valence-electron chi connectivity index (χ2n) is 7.59. The van der Waals surface area contributed by atoms with Gasteiger partial charge in [-0.1, -0.05) is 36.4 Å². The number of benzene rings is 2. The summed E-state index contributed by atoms with van der Waals surface area (Å²) in [6.07, 6.45) is 11.7. The Balaban J connectivity index is -0.000000362. The van der Waals surface area contributed by atoms with Crippen molar-refractivity contribution in [1.82, 2.24) is 0 Å². The molecule has 0 aliphatic carbocycles. The van der Waals surface area contributed by atoms with Crippen molar-refractivity contribution in [2.45, 2.75) is 96.8 Å². The van der Waals surface area contributed by atoms with Crippen molar-refractivity contribution < 1.29 is 15.7 Å². The molecule has 0 amide bonds. The SMILES string of the molecule is CCC[CH2][Sn][CH2]CCC.CCC[CH2][Sn][CH2]CCC.O.Oc1ccccc1.Oc1ccccc1. The third-order valence-electron chi connectivity index (χ3n) is 4.34. The van der Waals surface area contributed by atoms with Crippen LogP contribution < -0.4 is 0 Å². The van der Waals surface area contributed by atoms with Crippen LogP contribution in [0.15, 0.2) is 60.7 Å². The molecule has 0 saturated heterocycles. The Bertz CT molecular complexity index is 490. The summed E-state index contributed by atoms with van der Waals surface area (Å²) in [5.41, 5.74) is 0. The number of phenols is 2. The molecule has 2 aromatic carbocycles. The third-order valence-corrected chi connectivity index (χ3v) is 12.4. The summed E-state index contributed by atoms with van der Waals surface area (Å²) in [6.45, 7) is 9.16. The number of rotatable bonds is 12. The molecule has 3 nitrogen and oxygen atoms in total. The number of phenolic OH excluding ortho intramolecular Hbond substituents is 2. The zero-order valence-electron chi connectivity index (χ0n) is 21.7. The van der Waals surface area contributed by atoms with Gasteiger partial charge in [-0.25, -0.2) is 0 Å². The Morgan fingerprint density at radius 1 is 0.485 bits per heavy atom. The van der Waals surface area contributed by atoms with E-state index < -0.39 is 0 Å². The molecule has 5 heteroatoms. The average Bonchev–Trinajstić information content (AvgIpc) is 2.81. The van der Waals surface area contributed by atoms with E-state index in [0.717, 1.165) is 0 Å². The summed E-state index contributed by atoms with van der Waals surface area (Å²) >= 11 is 0.299.